The van der Waals surface area contributed by atoms with Crippen LogP contribution in [0.15, 0.2) is 29.2 Å². The van der Waals surface area contributed by atoms with Crippen LogP contribution in [-0.2, 0) is 15.5 Å². The third-order valence-electron chi connectivity index (χ3n) is 4.55. The lowest BCUT2D eigenvalue weighted by molar-refractivity contribution is -0.0270. The molecule has 0 radical (unpaired) electrons. The van der Waals surface area contributed by atoms with Crippen molar-refractivity contribution in [2.45, 2.75) is 55.1 Å². The van der Waals surface area contributed by atoms with Crippen LogP contribution in [0.2, 0.25) is 0 Å². The molecule has 2 aliphatic rings. The number of ether oxygens (including phenoxy) is 1. The highest BCUT2D eigenvalue weighted by atomic mass is 32.2. The van der Waals surface area contributed by atoms with Gasteiger partial charge in [-0.1, -0.05) is 25.0 Å². The number of benzene rings is 1. The predicted molar refractivity (Wildman–Crippen MR) is 80.0 cm³/mol. The number of carboxylic acids is 1. The van der Waals surface area contributed by atoms with E-state index in [1.54, 1.807) is 18.2 Å². The molecule has 2 fully saturated rings. The van der Waals surface area contributed by atoms with E-state index in [9.17, 15) is 14.1 Å². The summed E-state index contributed by atoms with van der Waals surface area (Å²) in [6, 6.07) is 6.53. The molecule has 0 aromatic heterocycles. The van der Waals surface area contributed by atoms with E-state index < -0.39 is 16.8 Å². The average molecular weight is 308 g/mol. The first kappa shape index (κ1) is 14.7. The molecule has 1 saturated heterocycles. The largest absolute Gasteiger partial charge is 0.478 e. The molecule has 1 N–H and O–H groups in total. The van der Waals surface area contributed by atoms with Crippen molar-refractivity contribution in [3.63, 3.8) is 0 Å². The van der Waals surface area contributed by atoms with E-state index >= 15 is 0 Å². The number of hydrogen-bond acceptors (Lipinski definition) is 3. The van der Waals surface area contributed by atoms with E-state index in [4.69, 9.17) is 4.74 Å². The third-order valence-corrected chi connectivity index (χ3v) is 6.07. The number of aromatic carboxylic acids is 1. The Hall–Kier alpha value is -1.20. The van der Waals surface area contributed by atoms with Gasteiger partial charge in [0, 0.05) is 0 Å². The summed E-state index contributed by atoms with van der Waals surface area (Å²) in [5.74, 6) is -0.634. The van der Waals surface area contributed by atoms with Gasteiger partial charge in [0.1, 0.15) is 0 Å². The highest BCUT2D eigenvalue weighted by Crippen LogP contribution is 2.43. The Morgan fingerprint density at radius 2 is 2.00 bits per heavy atom. The first-order chi connectivity index (χ1) is 10.1. The van der Waals surface area contributed by atoms with Crippen molar-refractivity contribution in [2.24, 2.45) is 0 Å². The minimum atomic E-state index is -1.33. The van der Waals surface area contributed by atoms with Crippen molar-refractivity contribution < 1.29 is 18.8 Å². The molecule has 4 nitrogen and oxygen atoms in total. The SMILES string of the molecule is O=C(O)c1ccccc1S(=O)CC1CCC2(CCCC2)O1. The summed E-state index contributed by atoms with van der Waals surface area (Å²) in [5.41, 5.74) is 0.158. The molecule has 1 heterocycles. The minimum Gasteiger partial charge on any atom is -0.478 e. The second-order valence-corrected chi connectivity index (χ2v) is 7.45. The Morgan fingerprint density at radius 3 is 2.71 bits per heavy atom. The summed E-state index contributed by atoms with van der Waals surface area (Å²) in [5, 5.41) is 9.18. The topological polar surface area (TPSA) is 63.6 Å². The molecule has 3 rings (SSSR count). The van der Waals surface area contributed by atoms with Crippen molar-refractivity contribution >= 4 is 16.8 Å². The van der Waals surface area contributed by atoms with Crippen LogP contribution in [0.4, 0.5) is 0 Å². The van der Waals surface area contributed by atoms with E-state index in [1.807, 2.05) is 0 Å². The average Bonchev–Trinajstić information content (AvgIpc) is 3.09. The number of carboxylic acid groups (broad SMARTS) is 1. The number of carbonyl (C=O) groups is 1. The molecule has 1 aromatic rings. The van der Waals surface area contributed by atoms with Crippen molar-refractivity contribution in [1.82, 2.24) is 0 Å². The van der Waals surface area contributed by atoms with Crippen LogP contribution in [0, 0.1) is 0 Å². The molecular weight excluding hydrogens is 288 g/mol. The van der Waals surface area contributed by atoms with E-state index in [-0.39, 0.29) is 17.3 Å². The molecule has 1 aliphatic heterocycles. The number of rotatable bonds is 4. The maximum absolute atomic E-state index is 12.5. The Bertz CT molecular complexity index is 563. The second kappa shape index (κ2) is 5.89. The summed E-state index contributed by atoms with van der Waals surface area (Å²) < 4.78 is 18.7. The summed E-state index contributed by atoms with van der Waals surface area (Å²) >= 11 is 0. The smallest absolute Gasteiger partial charge is 0.336 e. The van der Waals surface area contributed by atoms with Crippen molar-refractivity contribution in [3.8, 4) is 0 Å². The first-order valence-electron chi connectivity index (χ1n) is 7.48. The summed E-state index contributed by atoms with van der Waals surface area (Å²) in [6.45, 7) is 0. The van der Waals surface area contributed by atoms with Gasteiger partial charge < -0.3 is 9.84 Å². The molecule has 0 amide bonds. The summed E-state index contributed by atoms with van der Waals surface area (Å²) in [4.78, 5) is 11.6. The fraction of sp³-hybridized carbons (Fsp3) is 0.562. The summed E-state index contributed by atoms with van der Waals surface area (Å²) in [6.07, 6.45) is 6.64. The molecule has 5 heteroatoms. The standard InChI is InChI=1S/C16H20O4S/c17-15(18)13-5-1-2-6-14(13)21(19)11-12-7-10-16(20-12)8-3-4-9-16/h1-2,5-6,12H,3-4,7-11H2,(H,17,18). The van der Waals surface area contributed by atoms with Crippen LogP contribution in [-0.4, -0.2) is 32.7 Å². The monoisotopic (exact) mass is 308 g/mol. The van der Waals surface area contributed by atoms with Gasteiger partial charge in [0.05, 0.1) is 38.7 Å². The van der Waals surface area contributed by atoms with Crippen LogP contribution in [0.25, 0.3) is 0 Å². The zero-order chi connectivity index (χ0) is 14.9. The lowest BCUT2D eigenvalue weighted by atomic mass is 9.98. The van der Waals surface area contributed by atoms with Crippen molar-refractivity contribution in [2.75, 3.05) is 5.75 Å². The van der Waals surface area contributed by atoms with E-state index in [2.05, 4.69) is 0 Å². The van der Waals surface area contributed by atoms with Gasteiger partial charge in [0.25, 0.3) is 0 Å². The molecule has 2 atom stereocenters. The van der Waals surface area contributed by atoms with Crippen molar-refractivity contribution in [1.29, 1.82) is 0 Å². The molecule has 1 spiro atoms. The van der Waals surface area contributed by atoms with Crippen LogP contribution >= 0.6 is 0 Å². The van der Waals surface area contributed by atoms with E-state index in [0.717, 1.165) is 25.7 Å². The Labute approximate surface area is 127 Å². The van der Waals surface area contributed by atoms with Gasteiger partial charge in [0.15, 0.2) is 0 Å². The van der Waals surface area contributed by atoms with E-state index in [0.29, 0.717) is 10.6 Å². The maximum atomic E-state index is 12.5. The van der Waals surface area contributed by atoms with E-state index in [1.165, 1.54) is 18.9 Å². The molecule has 2 unspecified atom stereocenters. The quantitative estimate of drug-likeness (QED) is 0.929. The van der Waals surface area contributed by atoms with Crippen LogP contribution in [0.5, 0.6) is 0 Å². The Balaban J connectivity index is 1.69. The summed E-state index contributed by atoms with van der Waals surface area (Å²) in [7, 11) is -1.33. The fourth-order valence-electron chi connectivity index (χ4n) is 3.50. The Morgan fingerprint density at radius 1 is 1.29 bits per heavy atom. The minimum absolute atomic E-state index is 0.00853. The second-order valence-electron chi connectivity index (χ2n) is 5.98. The third kappa shape index (κ3) is 3.04. The lowest BCUT2D eigenvalue weighted by Gasteiger charge is -2.23. The van der Waals surface area contributed by atoms with Gasteiger partial charge in [-0.2, -0.15) is 0 Å². The normalized spacial score (nSPS) is 25.2. The molecule has 114 valence electrons. The number of hydrogen-bond donors (Lipinski definition) is 1. The maximum Gasteiger partial charge on any atom is 0.336 e. The zero-order valence-corrected chi connectivity index (χ0v) is 12.7. The lowest BCUT2D eigenvalue weighted by Crippen LogP contribution is -2.27. The molecule has 1 aromatic carbocycles. The van der Waals surface area contributed by atoms with Gasteiger partial charge in [-0.15, -0.1) is 0 Å². The van der Waals surface area contributed by atoms with Crippen LogP contribution in [0.1, 0.15) is 48.9 Å². The zero-order valence-electron chi connectivity index (χ0n) is 11.9. The van der Waals surface area contributed by atoms with Gasteiger partial charge in [-0.25, -0.2) is 4.79 Å². The predicted octanol–water partition coefficient (Wildman–Crippen LogP) is 2.98. The Kier molecular flexibility index (Phi) is 4.13. The highest BCUT2D eigenvalue weighted by Gasteiger charge is 2.42. The fourth-order valence-corrected chi connectivity index (χ4v) is 4.88. The molecular formula is C16H20O4S. The van der Waals surface area contributed by atoms with Gasteiger partial charge in [-0.05, 0) is 37.8 Å². The molecule has 1 aliphatic carbocycles. The van der Waals surface area contributed by atoms with Crippen molar-refractivity contribution in [3.05, 3.63) is 29.8 Å². The first-order valence-corrected chi connectivity index (χ1v) is 8.80. The molecule has 0 bridgehead atoms. The van der Waals surface area contributed by atoms with Crippen LogP contribution < -0.4 is 0 Å². The van der Waals surface area contributed by atoms with Gasteiger partial charge in [-0.3, -0.25) is 4.21 Å². The van der Waals surface area contributed by atoms with Crippen LogP contribution in [0.3, 0.4) is 0 Å². The molecule has 1 saturated carbocycles. The molecule has 21 heavy (non-hydrogen) atoms. The van der Waals surface area contributed by atoms with Gasteiger partial charge in [0.2, 0.25) is 0 Å². The highest BCUT2D eigenvalue weighted by molar-refractivity contribution is 7.85. The van der Waals surface area contributed by atoms with Gasteiger partial charge >= 0.3 is 5.97 Å².